The quantitative estimate of drug-likeness (QED) is 0.196. The lowest BCUT2D eigenvalue weighted by Gasteiger charge is -2.32. The monoisotopic (exact) mass is 405 g/mol. The Hall–Kier alpha value is -1.46. The van der Waals surface area contributed by atoms with Gasteiger partial charge in [0.1, 0.15) is 19.3 Å². The summed E-state index contributed by atoms with van der Waals surface area (Å²) in [4.78, 5) is 15.6. The standard InChI is InChI=1S/C24H43N3O2/c1-2-3-4-5-6-7-8-9-10-11-12-13-14-15-16-17-23-26-19-21-27(23,20-18-25)22-24(28)29/h8-9,19,21H,2-7,10-18,20,22,25H2,1H3/b9-8+. The van der Waals surface area contributed by atoms with Crippen molar-refractivity contribution in [3.05, 3.63) is 24.6 Å². The number of unbranched alkanes of at least 4 members (excludes halogenated alkanes) is 11. The lowest BCUT2D eigenvalue weighted by atomic mass is 10.1. The zero-order chi connectivity index (χ0) is 21.2. The van der Waals surface area contributed by atoms with Crippen molar-refractivity contribution in [3.8, 4) is 0 Å². The van der Waals surface area contributed by atoms with Crippen LogP contribution in [0, 0.1) is 0 Å². The van der Waals surface area contributed by atoms with Crippen LogP contribution in [-0.2, 0) is 4.79 Å². The molecule has 5 nitrogen and oxygen atoms in total. The van der Waals surface area contributed by atoms with Crippen molar-refractivity contribution in [3.63, 3.8) is 0 Å². The zero-order valence-corrected chi connectivity index (χ0v) is 18.6. The normalized spacial score (nSPS) is 18.6. The molecule has 0 amide bonds. The van der Waals surface area contributed by atoms with Crippen LogP contribution in [0.3, 0.4) is 0 Å². The predicted octanol–water partition coefficient (Wildman–Crippen LogP) is 4.43. The lowest BCUT2D eigenvalue weighted by molar-refractivity contribution is -0.780. The minimum absolute atomic E-state index is 0.0706. The summed E-state index contributed by atoms with van der Waals surface area (Å²) < 4.78 is 0.240. The van der Waals surface area contributed by atoms with Crippen LogP contribution in [0.15, 0.2) is 29.5 Å². The Morgan fingerprint density at radius 2 is 1.59 bits per heavy atom. The molecular weight excluding hydrogens is 362 g/mol. The molecular formula is C24H43N3O2. The van der Waals surface area contributed by atoms with Gasteiger partial charge in [0.05, 0.1) is 12.2 Å². The minimum atomic E-state index is -1.05. The Morgan fingerprint density at radius 1 is 1.00 bits per heavy atom. The SMILES string of the molecule is CCCCCCC/C=C/CCCCCCCCC1=NC=C[N+]1(CCN)CC(=O)[O-]. The van der Waals surface area contributed by atoms with Gasteiger partial charge in [0.15, 0.2) is 0 Å². The molecule has 2 N–H and O–H groups in total. The number of amidine groups is 1. The number of carboxylic acids is 1. The first-order valence-electron chi connectivity index (χ1n) is 11.8. The number of aliphatic carboxylic acids is 1. The number of hydrogen-bond donors (Lipinski definition) is 1. The van der Waals surface area contributed by atoms with Crippen LogP contribution < -0.4 is 10.8 Å². The van der Waals surface area contributed by atoms with Crippen LogP contribution in [0.1, 0.15) is 96.8 Å². The summed E-state index contributed by atoms with van der Waals surface area (Å²) in [6, 6.07) is 0. The number of carbonyl (C=O) groups excluding carboxylic acids is 1. The summed E-state index contributed by atoms with van der Waals surface area (Å²) >= 11 is 0. The topological polar surface area (TPSA) is 78.5 Å². The number of carbonyl (C=O) groups is 1. The van der Waals surface area contributed by atoms with E-state index in [-0.39, 0.29) is 11.0 Å². The first-order valence-corrected chi connectivity index (χ1v) is 11.8. The van der Waals surface area contributed by atoms with Crippen LogP contribution >= 0.6 is 0 Å². The summed E-state index contributed by atoms with van der Waals surface area (Å²) in [5.74, 6) is -0.136. The molecule has 1 aliphatic heterocycles. The van der Waals surface area contributed by atoms with Gasteiger partial charge in [-0.3, -0.25) is 0 Å². The Kier molecular flexibility index (Phi) is 14.4. The van der Waals surface area contributed by atoms with Crippen LogP contribution in [0.25, 0.3) is 0 Å². The van der Waals surface area contributed by atoms with Gasteiger partial charge in [0, 0.05) is 13.0 Å². The molecule has 0 fully saturated rings. The molecule has 0 saturated carbocycles. The molecule has 5 heteroatoms. The molecule has 1 aliphatic rings. The summed E-state index contributed by atoms with van der Waals surface area (Å²) in [7, 11) is 0. The average Bonchev–Trinajstić information content (AvgIpc) is 3.06. The number of hydrogen-bond acceptors (Lipinski definition) is 4. The van der Waals surface area contributed by atoms with Crippen molar-refractivity contribution in [2.75, 3.05) is 19.6 Å². The number of aliphatic imine (C=N–C) groups is 1. The van der Waals surface area contributed by atoms with Gasteiger partial charge >= 0.3 is 0 Å². The fraction of sp³-hybridized carbons (Fsp3) is 0.750. The summed E-state index contributed by atoms with van der Waals surface area (Å²) in [6.07, 6.45) is 25.7. The van der Waals surface area contributed by atoms with Crippen molar-refractivity contribution >= 4 is 11.8 Å². The van der Waals surface area contributed by atoms with Crippen molar-refractivity contribution in [2.24, 2.45) is 10.7 Å². The third-order valence-electron chi connectivity index (χ3n) is 5.69. The van der Waals surface area contributed by atoms with Gasteiger partial charge in [-0.05, 0) is 32.1 Å². The van der Waals surface area contributed by atoms with Gasteiger partial charge in [-0.25, -0.2) is 9.48 Å². The fourth-order valence-corrected chi connectivity index (χ4v) is 3.98. The molecule has 1 rings (SSSR count). The molecule has 0 aliphatic carbocycles. The van der Waals surface area contributed by atoms with Gasteiger partial charge in [0.25, 0.3) is 0 Å². The lowest BCUT2D eigenvalue weighted by Crippen LogP contribution is -2.55. The molecule has 1 atom stereocenters. The fourth-order valence-electron chi connectivity index (χ4n) is 3.98. The highest BCUT2D eigenvalue weighted by atomic mass is 16.4. The van der Waals surface area contributed by atoms with E-state index in [4.69, 9.17) is 5.73 Å². The number of rotatable bonds is 19. The predicted molar refractivity (Wildman–Crippen MR) is 120 cm³/mol. The molecule has 1 unspecified atom stereocenters. The minimum Gasteiger partial charge on any atom is -0.544 e. The largest absolute Gasteiger partial charge is 0.544 e. The number of nitrogens with zero attached hydrogens (tertiary/aromatic N) is 2. The van der Waals surface area contributed by atoms with Crippen molar-refractivity contribution in [2.45, 2.75) is 96.8 Å². The molecule has 0 aromatic heterocycles. The molecule has 0 spiro atoms. The molecule has 0 aromatic carbocycles. The highest BCUT2D eigenvalue weighted by Crippen LogP contribution is 2.21. The Labute approximate surface area is 178 Å². The zero-order valence-electron chi connectivity index (χ0n) is 18.6. The third-order valence-corrected chi connectivity index (χ3v) is 5.69. The number of nitrogens with two attached hydrogens (primary N) is 1. The van der Waals surface area contributed by atoms with Crippen LogP contribution in [0.4, 0.5) is 0 Å². The van der Waals surface area contributed by atoms with Gasteiger partial charge in [0.2, 0.25) is 5.84 Å². The van der Waals surface area contributed by atoms with E-state index in [1.165, 1.54) is 77.0 Å². The maximum Gasteiger partial charge on any atom is 0.207 e. The molecule has 0 saturated heterocycles. The smallest absolute Gasteiger partial charge is 0.207 e. The second-order valence-corrected chi connectivity index (χ2v) is 8.25. The summed E-state index contributed by atoms with van der Waals surface area (Å²) in [5.41, 5.74) is 5.69. The Balaban J connectivity index is 2.03. The van der Waals surface area contributed by atoms with E-state index in [1.54, 1.807) is 6.20 Å². The molecule has 0 bridgehead atoms. The number of quaternary nitrogens is 1. The van der Waals surface area contributed by atoms with Crippen LogP contribution in [0.5, 0.6) is 0 Å². The van der Waals surface area contributed by atoms with E-state index < -0.39 is 5.97 Å². The second-order valence-electron chi connectivity index (χ2n) is 8.25. The summed E-state index contributed by atoms with van der Waals surface area (Å²) in [5, 5.41) is 11.1. The van der Waals surface area contributed by atoms with Gasteiger partial charge in [-0.15, -0.1) is 0 Å². The van der Waals surface area contributed by atoms with Crippen molar-refractivity contribution in [1.29, 1.82) is 0 Å². The van der Waals surface area contributed by atoms with Crippen molar-refractivity contribution in [1.82, 2.24) is 0 Å². The molecule has 1 heterocycles. The van der Waals surface area contributed by atoms with Gasteiger partial charge in [-0.2, -0.15) is 0 Å². The Morgan fingerprint density at radius 3 is 2.17 bits per heavy atom. The average molecular weight is 406 g/mol. The Bertz CT molecular complexity index is 528. The van der Waals surface area contributed by atoms with E-state index in [2.05, 4.69) is 24.1 Å². The van der Waals surface area contributed by atoms with E-state index in [0.29, 0.717) is 13.1 Å². The number of allylic oxidation sites excluding steroid dienone is 2. The first-order chi connectivity index (χ1) is 14.1. The first kappa shape index (κ1) is 25.6. The van der Waals surface area contributed by atoms with E-state index >= 15 is 0 Å². The highest BCUT2D eigenvalue weighted by molar-refractivity contribution is 5.80. The van der Waals surface area contributed by atoms with Crippen LogP contribution in [-0.4, -0.2) is 35.9 Å². The third kappa shape index (κ3) is 11.3. The second kappa shape index (κ2) is 16.3. The van der Waals surface area contributed by atoms with Crippen LogP contribution in [0.2, 0.25) is 0 Å². The molecule has 29 heavy (non-hydrogen) atoms. The maximum atomic E-state index is 11.1. The van der Waals surface area contributed by atoms with Gasteiger partial charge in [-0.1, -0.05) is 70.4 Å². The maximum absolute atomic E-state index is 11.1. The molecule has 0 radical (unpaired) electrons. The van der Waals surface area contributed by atoms with Gasteiger partial charge < -0.3 is 15.6 Å². The van der Waals surface area contributed by atoms with E-state index in [0.717, 1.165) is 18.7 Å². The molecule has 0 aromatic rings. The molecule has 166 valence electrons. The number of carboxylic acid groups (broad SMARTS) is 1. The highest BCUT2D eigenvalue weighted by Gasteiger charge is 2.34. The van der Waals surface area contributed by atoms with Crippen molar-refractivity contribution < 1.29 is 14.4 Å². The van der Waals surface area contributed by atoms with E-state index in [1.807, 2.05) is 6.20 Å². The summed E-state index contributed by atoms with van der Waals surface area (Å²) in [6.45, 7) is 3.19. The van der Waals surface area contributed by atoms with E-state index in [9.17, 15) is 9.90 Å².